The quantitative estimate of drug-likeness (QED) is 0.783. The molecule has 0 atom stereocenters. The van der Waals surface area contributed by atoms with Crippen molar-refractivity contribution >= 4 is 11.6 Å². The minimum Gasteiger partial charge on any atom is -0.326 e. The zero-order valence-electron chi connectivity index (χ0n) is 14.1. The maximum Gasteiger partial charge on any atom is 0.228 e. The number of hydrogen-bond donors (Lipinski definition) is 1. The Bertz CT molecular complexity index is 894. The Labute approximate surface area is 139 Å². The molecule has 0 fully saturated rings. The minimum absolute atomic E-state index is 0.0811. The van der Waals surface area contributed by atoms with Crippen molar-refractivity contribution in [3.63, 3.8) is 0 Å². The molecule has 3 rings (SSSR count). The molecule has 0 radical (unpaired) electrons. The summed E-state index contributed by atoms with van der Waals surface area (Å²) in [7, 11) is 3.65. The molecule has 8 heteroatoms. The molecule has 2 heterocycles. The maximum atomic E-state index is 12.4. The van der Waals surface area contributed by atoms with Crippen molar-refractivity contribution in [3.05, 3.63) is 41.2 Å². The van der Waals surface area contributed by atoms with Gasteiger partial charge in [0.05, 0.1) is 12.1 Å². The molecule has 124 valence electrons. The first kappa shape index (κ1) is 15.9. The van der Waals surface area contributed by atoms with Gasteiger partial charge >= 0.3 is 0 Å². The van der Waals surface area contributed by atoms with Crippen LogP contribution in [0.25, 0.3) is 11.4 Å². The van der Waals surface area contributed by atoms with Crippen molar-refractivity contribution in [2.75, 3.05) is 5.32 Å². The maximum absolute atomic E-state index is 12.4. The molecule has 0 bridgehead atoms. The molecular formula is C16H19N7O. The van der Waals surface area contributed by atoms with Crippen LogP contribution in [0.3, 0.4) is 0 Å². The van der Waals surface area contributed by atoms with Gasteiger partial charge in [0.1, 0.15) is 0 Å². The molecular weight excluding hydrogens is 306 g/mol. The molecule has 2 aromatic heterocycles. The van der Waals surface area contributed by atoms with Crippen molar-refractivity contribution in [1.82, 2.24) is 30.0 Å². The molecule has 1 amide bonds. The third-order valence-electron chi connectivity index (χ3n) is 4.02. The van der Waals surface area contributed by atoms with Crippen LogP contribution in [0.15, 0.2) is 24.3 Å². The smallest absolute Gasteiger partial charge is 0.228 e. The third kappa shape index (κ3) is 3.03. The number of rotatable bonds is 4. The summed E-state index contributed by atoms with van der Waals surface area (Å²) < 4.78 is 3.38. The predicted octanol–water partition coefficient (Wildman–Crippen LogP) is 1.41. The van der Waals surface area contributed by atoms with Gasteiger partial charge in [0, 0.05) is 36.6 Å². The highest BCUT2D eigenvalue weighted by Gasteiger charge is 2.14. The lowest BCUT2D eigenvalue weighted by Crippen LogP contribution is -2.15. The van der Waals surface area contributed by atoms with Crippen LogP contribution in [-0.4, -0.2) is 35.9 Å². The van der Waals surface area contributed by atoms with E-state index in [1.54, 1.807) is 16.4 Å². The van der Waals surface area contributed by atoms with E-state index in [0.717, 1.165) is 22.5 Å². The van der Waals surface area contributed by atoms with E-state index in [1.807, 2.05) is 45.2 Å². The Hall–Kier alpha value is -3.03. The van der Waals surface area contributed by atoms with Crippen LogP contribution in [0.4, 0.5) is 5.69 Å². The zero-order valence-corrected chi connectivity index (χ0v) is 14.1. The first-order chi connectivity index (χ1) is 11.5. The van der Waals surface area contributed by atoms with Gasteiger partial charge in [-0.15, -0.1) is 5.10 Å². The standard InChI is InChI=1S/C16H19N7O/c1-10-14(11(2)22(3)19-10)9-15(24)17-13-7-5-6-12(8-13)16-18-20-21-23(16)4/h5-8H,9H2,1-4H3,(H,17,24). The first-order valence-corrected chi connectivity index (χ1v) is 7.57. The van der Waals surface area contributed by atoms with Gasteiger partial charge < -0.3 is 5.32 Å². The Balaban J connectivity index is 1.76. The minimum atomic E-state index is -0.0811. The molecule has 1 aromatic carbocycles. The number of amides is 1. The molecule has 3 aromatic rings. The van der Waals surface area contributed by atoms with Crippen LogP contribution in [-0.2, 0) is 25.3 Å². The summed E-state index contributed by atoms with van der Waals surface area (Å²) in [6.45, 7) is 3.88. The van der Waals surface area contributed by atoms with Crippen molar-refractivity contribution in [2.45, 2.75) is 20.3 Å². The largest absolute Gasteiger partial charge is 0.326 e. The number of benzene rings is 1. The van der Waals surface area contributed by atoms with E-state index in [4.69, 9.17) is 0 Å². The van der Waals surface area contributed by atoms with E-state index >= 15 is 0 Å². The van der Waals surface area contributed by atoms with Crippen LogP contribution in [0.2, 0.25) is 0 Å². The lowest BCUT2D eigenvalue weighted by molar-refractivity contribution is -0.115. The Morgan fingerprint density at radius 1 is 1.21 bits per heavy atom. The highest BCUT2D eigenvalue weighted by Crippen LogP contribution is 2.20. The van der Waals surface area contributed by atoms with Crippen LogP contribution >= 0.6 is 0 Å². The number of anilines is 1. The molecule has 0 unspecified atom stereocenters. The summed E-state index contributed by atoms with van der Waals surface area (Å²) in [5, 5.41) is 18.7. The van der Waals surface area contributed by atoms with Gasteiger partial charge in [0.15, 0.2) is 5.82 Å². The van der Waals surface area contributed by atoms with Crippen LogP contribution < -0.4 is 5.32 Å². The lowest BCUT2D eigenvalue weighted by atomic mass is 10.1. The van der Waals surface area contributed by atoms with Crippen molar-refractivity contribution in [3.8, 4) is 11.4 Å². The average molecular weight is 325 g/mol. The van der Waals surface area contributed by atoms with Gasteiger partial charge in [-0.05, 0) is 36.4 Å². The van der Waals surface area contributed by atoms with E-state index in [-0.39, 0.29) is 5.91 Å². The molecule has 24 heavy (non-hydrogen) atoms. The molecule has 0 spiro atoms. The Morgan fingerprint density at radius 3 is 2.62 bits per heavy atom. The molecule has 0 aliphatic carbocycles. The number of nitrogens with one attached hydrogen (secondary N) is 1. The summed E-state index contributed by atoms with van der Waals surface area (Å²) in [5.74, 6) is 0.562. The third-order valence-corrected chi connectivity index (χ3v) is 4.02. The average Bonchev–Trinajstić information content (AvgIpc) is 3.06. The highest BCUT2D eigenvalue weighted by atomic mass is 16.1. The van der Waals surface area contributed by atoms with Gasteiger partial charge in [-0.1, -0.05) is 12.1 Å². The summed E-state index contributed by atoms with van der Waals surface area (Å²) in [6, 6.07) is 7.46. The fraction of sp³-hybridized carbons (Fsp3) is 0.312. The van der Waals surface area contributed by atoms with Gasteiger partial charge in [-0.25, -0.2) is 4.68 Å². The van der Waals surface area contributed by atoms with E-state index in [9.17, 15) is 4.79 Å². The molecule has 0 aliphatic rings. The number of aromatic nitrogens is 6. The van der Waals surface area contributed by atoms with Crippen molar-refractivity contribution in [2.24, 2.45) is 14.1 Å². The number of carbonyl (C=O) groups is 1. The summed E-state index contributed by atoms with van der Waals surface area (Å²) in [4.78, 5) is 12.4. The molecule has 0 saturated carbocycles. The number of tetrazole rings is 1. The van der Waals surface area contributed by atoms with Crippen molar-refractivity contribution in [1.29, 1.82) is 0 Å². The van der Waals surface area contributed by atoms with Gasteiger partial charge in [-0.3, -0.25) is 9.48 Å². The van der Waals surface area contributed by atoms with E-state index in [2.05, 4.69) is 25.9 Å². The topological polar surface area (TPSA) is 90.5 Å². The van der Waals surface area contributed by atoms with Crippen molar-refractivity contribution < 1.29 is 4.79 Å². The SMILES string of the molecule is Cc1nn(C)c(C)c1CC(=O)Nc1cccc(-c2nnnn2C)c1. The second-order valence-electron chi connectivity index (χ2n) is 5.70. The molecule has 0 aliphatic heterocycles. The molecule has 8 nitrogen and oxygen atoms in total. The monoisotopic (exact) mass is 325 g/mol. The summed E-state index contributed by atoms with van der Waals surface area (Å²) in [5.41, 5.74) is 4.39. The van der Waals surface area contributed by atoms with Gasteiger partial charge in [0.2, 0.25) is 5.91 Å². The number of nitrogens with zero attached hydrogens (tertiary/aromatic N) is 6. The van der Waals surface area contributed by atoms with Crippen LogP contribution in [0.1, 0.15) is 17.0 Å². The normalized spacial score (nSPS) is 10.8. The number of hydrogen-bond acceptors (Lipinski definition) is 5. The fourth-order valence-electron chi connectivity index (χ4n) is 2.65. The van der Waals surface area contributed by atoms with Gasteiger partial charge in [0.25, 0.3) is 0 Å². The summed E-state index contributed by atoms with van der Waals surface area (Å²) in [6.07, 6.45) is 0.293. The highest BCUT2D eigenvalue weighted by molar-refractivity contribution is 5.93. The Morgan fingerprint density at radius 2 is 2.00 bits per heavy atom. The second kappa shape index (κ2) is 6.23. The van der Waals surface area contributed by atoms with Gasteiger partial charge in [-0.2, -0.15) is 5.10 Å². The Kier molecular flexibility index (Phi) is 4.11. The predicted molar refractivity (Wildman–Crippen MR) is 89.2 cm³/mol. The van der Waals surface area contributed by atoms with E-state index in [1.165, 1.54) is 0 Å². The fourth-order valence-corrected chi connectivity index (χ4v) is 2.65. The van der Waals surface area contributed by atoms with Crippen LogP contribution in [0.5, 0.6) is 0 Å². The first-order valence-electron chi connectivity index (χ1n) is 7.57. The zero-order chi connectivity index (χ0) is 17.3. The summed E-state index contributed by atoms with van der Waals surface area (Å²) >= 11 is 0. The van der Waals surface area contributed by atoms with E-state index in [0.29, 0.717) is 17.9 Å². The number of carbonyl (C=O) groups excluding carboxylic acids is 1. The molecule has 1 N–H and O–H groups in total. The second-order valence-corrected chi connectivity index (χ2v) is 5.70. The lowest BCUT2D eigenvalue weighted by Gasteiger charge is -2.07. The van der Waals surface area contributed by atoms with Crippen LogP contribution in [0, 0.1) is 13.8 Å². The molecule has 0 saturated heterocycles. The number of aryl methyl sites for hydroxylation is 3. The van der Waals surface area contributed by atoms with E-state index < -0.39 is 0 Å².